The number of hydrogen-bond donors (Lipinski definition) is 0. The number of benzene rings is 1. The van der Waals surface area contributed by atoms with Gasteiger partial charge in [0.2, 0.25) is 11.8 Å². The van der Waals surface area contributed by atoms with E-state index in [1.54, 1.807) is 20.4 Å². The molecule has 1 aliphatic heterocycles. The molecule has 2 aromatic rings. The second-order valence-corrected chi connectivity index (χ2v) is 15.7. The summed E-state index contributed by atoms with van der Waals surface area (Å²) in [5.41, 5.74) is 2.19. The molecule has 284 valence electrons. The first-order chi connectivity index (χ1) is 24.2. The average molecular weight is 707 g/mol. The molecule has 0 saturated carbocycles. The molecule has 0 N–H and O–H groups in total. The van der Waals surface area contributed by atoms with E-state index in [9.17, 15) is 14.4 Å². The summed E-state index contributed by atoms with van der Waals surface area (Å²) in [6.07, 6.45) is 5.22. The van der Waals surface area contributed by atoms with E-state index >= 15 is 0 Å². The Balaban J connectivity index is 1.75. The van der Waals surface area contributed by atoms with Crippen molar-refractivity contribution in [3.8, 4) is 0 Å². The first kappa shape index (κ1) is 42.2. The fourth-order valence-electron chi connectivity index (χ4n) is 7.86. The van der Waals surface area contributed by atoms with Gasteiger partial charge in [-0.05, 0) is 54.6 Å². The van der Waals surface area contributed by atoms with Crippen molar-refractivity contribution in [1.82, 2.24) is 19.8 Å². The highest BCUT2D eigenvalue weighted by Crippen LogP contribution is 2.31. The van der Waals surface area contributed by atoms with Crippen molar-refractivity contribution in [2.24, 2.45) is 29.6 Å². The molecule has 51 heavy (non-hydrogen) atoms. The van der Waals surface area contributed by atoms with Crippen LogP contribution in [0.5, 0.6) is 0 Å². The van der Waals surface area contributed by atoms with Gasteiger partial charge in [0.1, 0.15) is 11.6 Å². The molecule has 0 spiro atoms. The molecule has 2 amide bonds. The quantitative estimate of drug-likeness (QED) is 0.144. The van der Waals surface area contributed by atoms with E-state index in [2.05, 4.69) is 65.6 Å². The fraction of sp³-hybridized carbons (Fsp3) is 0.690. The molecule has 0 unspecified atom stereocenters. The molecule has 9 heteroatoms. The Bertz CT molecular complexity index is 1380. The molecule has 8 atom stereocenters. The van der Waals surface area contributed by atoms with Crippen molar-refractivity contribution < 1.29 is 23.9 Å². The number of nitrogens with zero attached hydrogens (tertiary/aromatic N) is 4. The number of carbonyl (C=O) groups is 3. The molecule has 9 nitrogen and oxygen atoms in total. The first-order valence-corrected chi connectivity index (χ1v) is 19.2. The Hall–Kier alpha value is -3.17. The van der Waals surface area contributed by atoms with Crippen LogP contribution in [0.2, 0.25) is 0 Å². The lowest BCUT2D eigenvalue weighted by Crippen LogP contribution is -2.54. The number of ketones is 1. The molecule has 1 saturated heterocycles. The Morgan fingerprint density at radius 2 is 1.63 bits per heavy atom. The van der Waals surface area contributed by atoms with Crippen LogP contribution in [0.25, 0.3) is 0 Å². The molecule has 1 aromatic carbocycles. The van der Waals surface area contributed by atoms with Crippen LogP contribution in [0.4, 0.5) is 0 Å². The van der Waals surface area contributed by atoms with E-state index in [4.69, 9.17) is 14.5 Å². The van der Waals surface area contributed by atoms with Gasteiger partial charge in [-0.3, -0.25) is 14.4 Å². The van der Waals surface area contributed by atoms with Crippen LogP contribution in [-0.2, 0) is 36.7 Å². The Kier molecular flexibility index (Phi) is 16.7. The highest BCUT2D eigenvalue weighted by atomic mass is 16.5. The van der Waals surface area contributed by atoms with E-state index < -0.39 is 12.2 Å². The number of Topliss-reactive ketones (excluding diaryl/α,β-unsaturated/α-hetero) is 1. The van der Waals surface area contributed by atoms with Gasteiger partial charge in [0.25, 0.3) is 0 Å². The van der Waals surface area contributed by atoms with Gasteiger partial charge in [-0.1, -0.05) is 92.1 Å². The van der Waals surface area contributed by atoms with Gasteiger partial charge < -0.3 is 19.3 Å². The average Bonchev–Trinajstić information content (AvgIpc) is 3.60. The summed E-state index contributed by atoms with van der Waals surface area (Å²) < 4.78 is 12.1. The van der Waals surface area contributed by atoms with Gasteiger partial charge in [-0.15, -0.1) is 0 Å². The number of hydrogen-bond acceptors (Lipinski definition) is 7. The Labute approximate surface area is 308 Å². The maximum atomic E-state index is 14.3. The van der Waals surface area contributed by atoms with E-state index in [-0.39, 0.29) is 71.6 Å². The summed E-state index contributed by atoms with van der Waals surface area (Å²) in [5.74, 6) is 0.765. The monoisotopic (exact) mass is 707 g/mol. The topological polar surface area (TPSA) is 102 Å². The fourth-order valence-corrected chi connectivity index (χ4v) is 7.86. The maximum Gasteiger partial charge on any atom is 0.226 e. The molecule has 0 radical (unpaired) electrons. The molecule has 3 rings (SSSR count). The number of likely N-dealkylation sites (tertiary alicyclic amines) is 1. The molecule has 0 bridgehead atoms. The summed E-state index contributed by atoms with van der Waals surface area (Å²) >= 11 is 0. The summed E-state index contributed by atoms with van der Waals surface area (Å²) in [6, 6.07) is 11.7. The number of ether oxygens (including phenoxy) is 2. The van der Waals surface area contributed by atoms with Crippen LogP contribution in [-0.4, -0.2) is 89.5 Å². The summed E-state index contributed by atoms with van der Waals surface area (Å²) in [7, 11) is 5.13. The van der Waals surface area contributed by atoms with Crippen molar-refractivity contribution >= 4 is 17.6 Å². The second-order valence-electron chi connectivity index (χ2n) is 15.7. The summed E-state index contributed by atoms with van der Waals surface area (Å²) in [5, 5.41) is 0. The zero-order chi connectivity index (χ0) is 37.8. The van der Waals surface area contributed by atoms with Crippen molar-refractivity contribution in [2.45, 2.75) is 131 Å². The van der Waals surface area contributed by atoms with Crippen LogP contribution in [0.1, 0.15) is 110 Å². The third kappa shape index (κ3) is 11.4. The summed E-state index contributed by atoms with van der Waals surface area (Å²) in [4.78, 5) is 55.0. The molecular weight excluding hydrogens is 640 g/mol. The van der Waals surface area contributed by atoms with E-state index in [0.29, 0.717) is 25.2 Å². The van der Waals surface area contributed by atoms with Gasteiger partial charge in [-0.25, -0.2) is 9.97 Å². The SMILES string of the molecule is CC[C@H](C)[C@@H]([C@@H](CC(=O)N1CCC[C@H]1[C@H](OC)[C@@H](C)C(=O)C[C@H](C)Cc1ccccc1)OC)N(C)C(=O)[C@@H](Cc1nccc(C(C)C)n1)C(C)C. The van der Waals surface area contributed by atoms with E-state index in [1.807, 2.05) is 48.0 Å². The minimum atomic E-state index is -0.505. The van der Waals surface area contributed by atoms with Crippen molar-refractivity contribution in [3.63, 3.8) is 0 Å². The first-order valence-electron chi connectivity index (χ1n) is 19.2. The minimum Gasteiger partial charge on any atom is -0.379 e. The number of methoxy groups -OCH3 is 2. The zero-order valence-electron chi connectivity index (χ0n) is 33.3. The molecule has 0 aliphatic carbocycles. The number of rotatable bonds is 20. The van der Waals surface area contributed by atoms with Crippen molar-refractivity contribution in [3.05, 3.63) is 59.7 Å². The minimum absolute atomic E-state index is 0.00988. The number of aromatic nitrogens is 2. The molecule has 1 aromatic heterocycles. The van der Waals surface area contributed by atoms with Crippen LogP contribution in [0.15, 0.2) is 42.6 Å². The number of amides is 2. The van der Waals surface area contributed by atoms with Crippen LogP contribution >= 0.6 is 0 Å². The highest BCUT2D eigenvalue weighted by molar-refractivity contribution is 5.82. The maximum absolute atomic E-state index is 14.3. The molecule has 1 fully saturated rings. The van der Waals surface area contributed by atoms with Gasteiger partial charge in [0.15, 0.2) is 0 Å². The van der Waals surface area contributed by atoms with Gasteiger partial charge in [0.05, 0.1) is 30.7 Å². The lowest BCUT2D eigenvalue weighted by molar-refractivity contribution is -0.148. The highest BCUT2D eigenvalue weighted by Gasteiger charge is 2.42. The normalized spacial score (nSPS) is 19.0. The van der Waals surface area contributed by atoms with Crippen molar-refractivity contribution in [1.29, 1.82) is 0 Å². The second kappa shape index (κ2) is 20.2. The third-order valence-electron chi connectivity index (χ3n) is 11.2. The van der Waals surface area contributed by atoms with E-state index in [0.717, 1.165) is 31.4 Å². The smallest absolute Gasteiger partial charge is 0.226 e. The van der Waals surface area contributed by atoms with Gasteiger partial charge in [0, 0.05) is 64.4 Å². The largest absolute Gasteiger partial charge is 0.379 e. The van der Waals surface area contributed by atoms with Crippen LogP contribution in [0, 0.1) is 29.6 Å². The Morgan fingerprint density at radius 1 is 0.941 bits per heavy atom. The molecule has 2 heterocycles. The zero-order valence-corrected chi connectivity index (χ0v) is 33.3. The lowest BCUT2D eigenvalue weighted by Gasteiger charge is -2.40. The molecule has 1 aliphatic rings. The van der Waals surface area contributed by atoms with Crippen LogP contribution < -0.4 is 0 Å². The van der Waals surface area contributed by atoms with Crippen molar-refractivity contribution in [2.75, 3.05) is 27.8 Å². The van der Waals surface area contributed by atoms with Gasteiger partial charge >= 0.3 is 0 Å². The standard InChI is InChI=1S/C42H66N4O5/c1-12-30(7)40(45(9)42(49)33(27(2)3)25-38-43-21-20-34(44-38)28(4)5)37(50-10)26-39(48)46-22-16-19-35(46)41(51-11)31(8)36(47)24-29(6)23-32-17-14-13-15-18-32/h13-15,17-18,20-21,27-31,33,35,37,40-41H,12,16,19,22-26H2,1-11H3/t29-,30+,31+,33+,35+,37-,40+,41-/m1/s1. The third-order valence-corrected chi connectivity index (χ3v) is 11.2. The molecular formula is C42H66N4O5. The van der Waals surface area contributed by atoms with Gasteiger partial charge in [-0.2, -0.15) is 0 Å². The van der Waals surface area contributed by atoms with E-state index in [1.165, 1.54) is 5.56 Å². The summed E-state index contributed by atoms with van der Waals surface area (Å²) in [6.45, 7) is 17.2. The lowest BCUT2D eigenvalue weighted by atomic mass is 9.86. The number of carbonyl (C=O) groups excluding carboxylic acids is 3. The van der Waals surface area contributed by atoms with Crippen LogP contribution in [0.3, 0.4) is 0 Å². The predicted octanol–water partition coefficient (Wildman–Crippen LogP) is 7.17. The Morgan fingerprint density at radius 3 is 2.22 bits per heavy atom. The number of likely N-dealkylation sites (N-methyl/N-ethyl adjacent to an activating group) is 1. The predicted molar refractivity (Wildman–Crippen MR) is 203 cm³/mol.